The number of aromatic nitrogens is 2. The van der Waals surface area contributed by atoms with Crippen molar-refractivity contribution in [2.75, 3.05) is 0 Å². The molecule has 0 saturated heterocycles. The van der Waals surface area contributed by atoms with Crippen LogP contribution >= 0.6 is 0 Å². The maximum absolute atomic E-state index is 4.42. The van der Waals surface area contributed by atoms with Gasteiger partial charge in [0, 0.05) is 25.4 Å². The first-order valence-corrected chi connectivity index (χ1v) is 5.79. The average Bonchev–Trinajstić information content (AvgIpc) is 2.66. The summed E-state index contributed by atoms with van der Waals surface area (Å²) in [5, 5.41) is 0. The second-order valence-electron chi connectivity index (χ2n) is 4.55. The van der Waals surface area contributed by atoms with Crippen molar-refractivity contribution in [1.82, 2.24) is 9.55 Å². The molecule has 2 nitrogen and oxygen atoms in total. The van der Waals surface area contributed by atoms with Gasteiger partial charge < -0.3 is 4.57 Å². The fourth-order valence-electron chi connectivity index (χ4n) is 1.82. The predicted octanol–water partition coefficient (Wildman–Crippen LogP) is 3.13. The van der Waals surface area contributed by atoms with Crippen LogP contribution in [0.3, 0.4) is 0 Å². The Labute approximate surface area is 97.0 Å². The van der Waals surface area contributed by atoms with E-state index in [1.54, 1.807) is 0 Å². The number of hydrogen-bond donors (Lipinski definition) is 0. The minimum Gasteiger partial charge on any atom is -0.331 e. The fourth-order valence-corrected chi connectivity index (χ4v) is 1.82. The first-order valence-electron chi connectivity index (χ1n) is 5.79. The van der Waals surface area contributed by atoms with Crippen LogP contribution in [-0.4, -0.2) is 9.55 Å². The van der Waals surface area contributed by atoms with Crippen molar-refractivity contribution in [1.29, 1.82) is 0 Å². The Morgan fingerprint density at radius 2 is 1.94 bits per heavy atom. The van der Waals surface area contributed by atoms with E-state index in [0.717, 1.165) is 13.0 Å². The van der Waals surface area contributed by atoms with Gasteiger partial charge in [-0.2, -0.15) is 0 Å². The highest BCUT2D eigenvalue weighted by molar-refractivity contribution is 5.15. The van der Waals surface area contributed by atoms with E-state index in [2.05, 4.69) is 53.9 Å². The maximum atomic E-state index is 4.42. The summed E-state index contributed by atoms with van der Waals surface area (Å²) in [6.45, 7) is 5.37. The van der Waals surface area contributed by atoms with Crippen molar-refractivity contribution < 1.29 is 0 Å². The van der Waals surface area contributed by atoms with Crippen LogP contribution in [0.1, 0.15) is 25.2 Å². The highest BCUT2D eigenvalue weighted by atomic mass is 15.1. The van der Waals surface area contributed by atoms with Gasteiger partial charge in [0.25, 0.3) is 0 Å². The van der Waals surface area contributed by atoms with Gasteiger partial charge in [-0.05, 0) is 11.5 Å². The summed E-state index contributed by atoms with van der Waals surface area (Å²) >= 11 is 0. The van der Waals surface area contributed by atoms with E-state index in [9.17, 15) is 0 Å². The molecule has 0 fully saturated rings. The fraction of sp³-hybridized carbons (Fsp3) is 0.357. The van der Waals surface area contributed by atoms with E-state index >= 15 is 0 Å². The largest absolute Gasteiger partial charge is 0.331 e. The summed E-state index contributed by atoms with van der Waals surface area (Å²) in [5.41, 5.74) is 1.32. The first kappa shape index (κ1) is 10.9. The monoisotopic (exact) mass is 214 g/mol. The molecular weight excluding hydrogens is 196 g/mol. The highest BCUT2D eigenvalue weighted by Crippen LogP contribution is 2.09. The van der Waals surface area contributed by atoms with Crippen LogP contribution < -0.4 is 0 Å². The zero-order valence-corrected chi connectivity index (χ0v) is 9.93. The van der Waals surface area contributed by atoms with E-state index in [-0.39, 0.29) is 0 Å². The van der Waals surface area contributed by atoms with Crippen molar-refractivity contribution in [3.05, 3.63) is 54.1 Å². The van der Waals surface area contributed by atoms with E-state index in [1.807, 2.05) is 12.3 Å². The number of rotatable bonds is 4. The molecule has 2 aromatic rings. The van der Waals surface area contributed by atoms with Gasteiger partial charge in [-0.15, -0.1) is 0 Å². The Kier molecular flexibility index (Phi) is 3.40. The van der Waals surface area contributed by atoms with E-state index in [0.29, 0.717) is 5.92 Å². The Morgan fingerprint density at radius 1 is 1.19 bits per heavy atom. The minimum absolute atomic E-state index is 0.650. The predicted molar refractivity (Wildman–Crippen MR) is 66.3 cm³/mol. The molecular formula is C14H18N2. The number of imidazole rings is 1. The van der Waals surface area contributed by atoms with E-state index in [4.69, 9.17) is 0 Å². The van der Waals surface area contributed by atoms with Gasteiger partial charge in [-0.1, -0.05) is 44.2 Å². The standard InChI is InChI=1S/C14H18N2/c1-12(2)10-14-15-8-9-16(14)11-13-6-4-3-5-7-13/h3-9,12H,10-11H2,1-2H3. The molecule has 0 unspecified atom stereocenters. The van der Waals surface area contributed by atoms with Gasteiger partial charge in [0.15, 0.2) is 0 Å². The molecule has 0 aliphatic carbocycles. The molecule has 0 amide bonds. The maximum Gasteiger partial charge on any atom is 0.109 e. The molecule has 0 spiro atoms. The van der Waals surface area contributed by atoms with Crippen LogP contribution in [0, 0.1) is 5.92 Å². The lowest BCUT2D eigenvalue weighted by Gasteiger charge is -2.09. The molecule has 0 atom stereocenters. The van der Waals surface area contributed by atoms with Crippen LogP contribution in [0.5, 0.6) is 0 Å². The molecule has 0 bridgehead atoms. The van der Waals surface area contributed by atoms with Crippen molar-refractivity contribution in [2.24, 2.45) is 5.92 Å². The molecule has 0 aliphatic rings. The van der Waals surface area contributed by atoms with Gasteiger partial charge in [0.2, 0.25) is 0 Å². The van der Waals surface area contributed by atoms with Crippen molar-refractivity contribution in [3.8, 4) is 0 Å². The third kappa shape index (κ3) is 2.72. The molecule has 0 radical (unpaired) electrons. The van der Waals surface area contributed by atoms with Crippen LogP contribution in [-0.2, 0) is 13.0 Å². The Hall–Kier alpha value is -1.57. The van der Waals surface area contributed by atoms with Crippen LogP contribution in [0.25, 0.3) is 0 Å². The summed E-state index contributed by atoms with van der Waals surface area (Å²) in [5.74, 6) is 1.83. The molecule has 1 heterocycles. The van der Waals surface area contributed by atoms with Gasteiger partial charge in [0.1, 0.15) is 5.82 Å². The van der Waals surface area contributed by atoms with Gasteiger partial charge in [-0.25, -0.2) is 4.98 Å². The topological polar surface area (TPSA) is 17.8 Å². The summed E-state index contributed by atoms with van der Waals surface area (Å²) < 4.78 is 2.23. The second-order valence-corrected chi connectivity index (χ2v) is 4.55. The van der Waals surface area contributed by atoms with Crippen LogP contribution in [0.2, 0.25) is 0 Å². The lowest BCUT2D eigenvalue weighted by molar-refractivity contribution is 0.590. The van der Waals surface area contributed by atoms with Crippen molar-refractivity contribution >= 4 is 0 Å². The molecule has 84 valence electrons. The lowest BCUT2D eigenvalue weighted by Crippen LogP contribution is -2.07. The number of hydrogen-bond acceptors (Lipinski definition) is 1. The summed E-state index contributed by atoms with van der Waals surface area (Å²) in [4.78, 5) is 4.42. The van der Waals surface area contributed by atoms with Crippen LogP contribution in [0.4, 0.5) is 0 Å². The molecule has 0 N–H and O–H groups in total. The van der Waals surface area contributed by atoms with Crippen molar-refractivity contribution in [2.45, 2.75) is 26.8 Å². The lowest BCUT2D eigenvalue weighted by atomic mass is 10.1. The first-order chi connectivity index (χ1) is 7.75. The van der Waals surface area contributed by atoms with Gasteiger partial charge >= 0.3 is 0 Å². The average molecular weight is 214 g/mol. The number of nitrogens with zero attached hydrogens (tertiary/aromatic N) is 2. The molecule has 2 heteroatoms. The Bertz CT molecular complexity index is 429. The highest BCUT2D eigenvalue weighted by Gasteiger charge is 2.05. The number of benzene rings is 1. The smallest absolute Gasteiger partial charge is 0.109 e. The molecule has 16 heavy (non-hydrogen) atoms. The summed E-state index contributed by atoms with van der Waals surface area (Å²) in [7, 11) is 0. The molecule has 0 aliphatic heterocycles. The summed E-state index contributed by atoms with van der Waals surface area (Å²) in [6.07, 6.45) is 4.99. The normalized spacial score (nSPS) is 10.9. The zero-order valence-electron chi connectivity index (χ0n) is 9.93. The SMILES string of the molecule is CC(C)Cc1nccn1Cc1ccccc1. The van der Waals surface area contributed by atoms with E-state index < -0.39 is 0 Å². The molecule has 1 aromatic carbocycles. The van der Waals surface area contributed by atoms with E-state index in [1.165, 1.54) is 11.4 Å². The quantitative estimate of drug-likeness (QED) is 0.764. The second kappa shape index (κ2) is 4.97. The third-order valence-corrected chi connectivity index (χ3v) is 2.59. The minimum atomic E-state index is 0.650. The third-order valence-electron chi connectivity index (χ3n) is 2.59. The molecule has 0 saturated carbocycles. The molecule has 1 aromatic heterocycles. The summed E-state index contributed by atoms with van der Waals surface area (Å²) in [6, 6.07) is 10.5. The Balaban J connectivity index is 2.13. The molecule has 2 rings (SSSR count). The van der Waals surface area contributed by atoms with Crippen molar-refractivity contribution in [3.63, 3.8) is 0 Å². The van der Waals surface area contributed by atoms with Crippen LogP contribution in [0.15, 0.2) is 42.7 Å². The van der Waals surface area contributed by atoms with Gasteiger partial charge in [-0.3, -0.25) is 0 Å². The van der Waals surface area contributed by atoms with Gasteiger partial charge in [0.05, 0.1) is 0 Å². The zero-order chi connectivity index (χ0) is 11.4. The Morgan fingerprint density at radius 3 is 2.62 bits per heavy atom.